The van der Waals surface area contributed by atoms with Gasteiger partial charge in [-0.2, -0.15) is 5.10 Å². The number of anilines is 3. The number of aryl methyl sites for hydroxylation is 1. The second-order valence-corrected chi connectivity index (χ2v) is 8.27. The van der Waals surface area contributed by atoms with Crippen molar-refractivity contribution in [1.29, 1.82) is 0 Å². The van der Waals surface area contributed by atoms with Gasteiger partial charge in [0.1, 0.15) is 18.2 Å². The average Bonchev–Trinajstić information content (AvgIpc) is 3.04. The first-order chi connectivity index (χ1) is 16.3. The predicted molar refractivity (Wildman–Crippen MR) is 127 cm³/mol. The van der Waals surface area contributed by atoms with E-state index in [4.69, 9.17) is 11.5 Å². The summed E-state index contributed by atoms with van der Waals surface area (Å²) in [7, 11) is 0. The highest BCUT2D eigenvalue weighted by molar-refractivity contribution is 5.98. The zero-order valence-electron chi connectivity index (χ0n) is 18.4. The smallest absolute Gasteiger partial charge is 0.248 e. The minimum atomic E-state index is -0.689. The maximum absolute atomic E-state index is 14.9. The third-order valence-corrected chi connectivity index (χ3v) is 5.85. The number of halogens is 1. The van der Waals surface area contributed by atoms with Gasteiger partial charge in [-0.15, -0.1) is 0 Å². The molecule has 2 aromatic heterocycles. The van der Waals surface area contributed by atoms with E-state index in [0.29, 0.717) is 47.0 Å². The number of primary amides is 1. The summed E-state index contributed by atoms with van der Waals surface area (Å²) >= 11 is 0. The van der Waals surface area contributed by atoms with Gasteiger partial charge in [-0.1, -0.05) is 0 Å². The van der Waals surface area contributed by atoms with Crippen LogP contribution in [0.1, 0.15) is 21.6 Å². The van der Waals surface area contributed by atoms with Crippen molar-refractivity contribution in [2.75, 3.05) is 17.6 Å². The SMILES string of the molecule is Cc1cc(C(N)=O)cc(F)c1-c1cc(N)c2cnc(Nc3cc4n(n3)CC(=O)NCC4)cc2c1. The molecule has 1 aliphatic rings. The Kier molecular flexibility index (Phi) is 5.12. The molecule has 0 unspecified atom stereocenters. The third-order valence-electron chi connectivity index (χ3n) is 5.85. The fourth-order valence-electron chi connectivity index (χ4n) is 4.26. The highest BCUT2D eigenvalue weighted by Gasteiger charge is 2.17. The summed E-state index contributed by atoms with van der Waals surface area (Å²) in [6.45, 7) is 2.45. The molecule has 3 heterocycles. The number of hydrogen-bond acceptors (Lipinski definition) is 6. The van der Waals surface area contributed by atoms with Crippen LogP contribution in [0.25, 0.3) is 21.9 Å². The Bertz CT molecular complexity index is 1450. The van der Waals surface area contributed by atoms with Crippen LogP contribution in [-0.2, 0) is 17.8 Å². The molecule has 5 rings (SSSR count). The number of carbonyl (C=O) groups excluding carboxylic acids is 2. The number of nitrogens with zero attached hydrogens (tertiary/aromatic N) is 3. The molecule has 172 valence electrons. The van der Waals surface area contributed by atoms with Crippen molar-refractivity contribution in [1.82, 2.24) is 20.1 Å². The van der Waals surface area contributed by atoms with Gasteiger partial charge in [0.25, 0.3) is 0 Å². The summed E-state index contributed by atoms with van der Waals surface area (Å²) in [4.78, 5) is 27.7. The first kappa shape index (κ1) is 21.4. The highest BCUT2D eigenvalue weighted by atomic mass is 19.1. The van der Waals surface area contributed by atoms with Crippen LogP contribution in [0.2, 0.25) is 0 Å². The minimum Gasteiger partial charge on any atom is -0.398 e. The maximum Gasteiger partial charge on any atom is 0.248 e. The van der Waals surface area contributed by atoms with Crippen molar-refractivity contribution in [2.24, 2.45) is 5.73 Å². The number of benzene rings is 2. The molecule has 2 aromatic carbocycles. The van der Waals surface area contributed by atoms with Crippen molar-refractivity contribution in [2.45, 2.75) is 19.9 Å². The Balaban J connectivity index is 1.51. The lowest BCUT2D eigenvalue weighted by Gasteiger charge is -2.13. The summed E-state index contributed by atoms with van der Waals surface area (Å²) in [6.07, 6.45) is 2.33. The van der Waals surface area contributed by atoms with E-state index in [1.807, 2.05) is 12.1 Å². The number of amides is 2. The topological polar surface area (TPSA) is 141 Å². The molecule has 0 bridgehead atoms. The van der Waals surface area contributed by atoms with Crippen LogP contribution in [0.5, 0.6) is 0 Å². The highest BCUT2D eigenvalue weighted by Crippen LogP contribution is 2.34. The van der Waals surface area contributed by atoms with E-state index in [-0.39, 0.29) is 18.0 Å². The standard InChI is InChI=1S/C24H22FN7O2/c1-12-4-15(24(27)34)6-18(25)23(12)14-5-13-8-20(29-10-17(13)19(26)7-14)30-21-9-16-2-3-28-22(33)11-32(16)31-21/h4-10H,2-3,11,26H2,1H3,(H2,27,34)(H,28,33)(H,29,30,31). The van der Waals surface area contributed by atoms with E-state index in [1.165, 1.54) is 0 Å². The number of aromatic nitrogens is 3. The Labute approximate surface area is 194 Å². The van der Waals surface area contributed by atoms with E-state index < -0.39 is 11.7 Å². The van der Waals surface area contributed by atoms with Crippen LogP contribution in [-0.4, -0.2) is 33.1 Å². The molecule has 4 aromatic rings. The molecular formula is C24H22FN7O2. The van der Waals surface area contributed by atoms with Gasteiger partial charge in [-0.05, 0) is 53.8 Å². The molecule has 0 spiro atoms. The van der Waals surface area contributed by atoms with Gasteiger partial charge in [0, 0.05) is 53.1 Å². The predicted octanol–water partition coefficient (Wildman–Crippen LogP) is 2.64. The Morgan fingerprint density at radius 2 is 2.00 bits per heavy atom. The van der Waals surface area contributed by atoms with E-state index in [9.17, 15) is 14.0 Å². The molecule has 0 atom stereocenters. The first-order valence-electron chi connectivity index (χ1n) is 10.7. The van der Waals surface area contributed by atoms with Crippen molar-refractivity contribution >= 4 is 39.9 Å². The van der Waals surface area contributed by atoms with Gasteiger partial charge in [0.05, 0.1) is 0 Å². The van der Waals surface area contributed by atoms with Gasteiger partial charge >= 0.3 is 0 Å². The molecule has 34 heavy (non-hydrogen) atoms. The molecular weight excluding hydrogens is 437 g/mol. The summed E-state index contributed by atoms with van der Waals surface area (Å²) in [6, 6.07) is 9.88. The van der Waals surface area contributed by atoms with Crippen LogP contribution in [0.15, 0.2) is 42.6 Å². The molecule has 0 saturated heterocycles. The Morgan fingerprint density at radius 3 is 2.76 bits per heavy atom. The molecule has 0 fully saturated rings. The number of pyridine rings is 1. The first-order valence-corrected chi connectivity index (χ1v) is 10.7. The van der Waals surface area contributed by atoms with Crippen molar-refractivity contribution in [3.8, 4) is 11.1 Å². The van der Waals surface area contributed by atoms with Gasteiger partial charge in [0.15, 0.2) is 5.82 Å². The summed E-state index contributed by atoms with van der Waals surface area (Å²) < 4.78 is 16.6. The molecule has 6 N–H and O–H groups in total. The van der Waals surface area contributed by atoms with Gasteiger partial charge in [-0.25, -0.2) is 9.37 Å². The largest absolute Gasteiger partial charge is 0.398 e. The zero-order chi connectivity index (χ0) is 24.0. The Morgan fingerprint density at radius 1 is 1.18 bits per heavy atom. The lowest BCUT2D eigenvalue weighted by Crippen LogP contribution is -2.25. The van der Waals surface area contributed by atoms with Crippen molar-refractivity contribution in [3.63, 3.8) is 0 Å². The zero-order valence-corrected chi connectivity index (χ0v) is 18.4. The number of fused-ring (bicyclic) bond motifs is 2. The van der Waals surface area contributed by atoms with E-state index in [1.54, 1.807) is 36.0 Å². The number of carbonyl (C=O) groups is 2. The molecule has 10 heteroatoms. The number of nitrogen functional groups attached to an aromatic ring is 1. The van der Waals surface area contributed by atoms with E-state index in [2.05, 4.69) is 20.7 Å². The summed E-state index contributed by atoms with van der Waals surface area (Å²) in [5.41, 5.74) is 14.6. The molecule has 0 aliphatic carbocycles. The minimum absolute atomic E-state index is 0.0772. The van der Waals surface area contributed by atoms with Crippen molar-refractivity contribution in [3.05, 3.63) is 65.2 Å². The van der Waals surface area contributed by atoms with Crippen LogP contribution in [0, 0.1) is 12.7 Å². The molecule has 1 aliphatic heterocycles. The van der Waals surface area contributed by atoms with Gasteiger partial charge in [0.2, 0.25) is 11.8 Å². The van der Waals surface area contributed by atoms with Crippen LogP contribution >= 0.6 is 0 Å². The lowest BCUT2D eigenvalue weighted by molar-refractivity contribution is -0.121. The van der Waals surface area contributed by atoms with Crippen LogP contribution in [0.4, 0.5) is 21.7 Å². The van der Waals surface area contributed by atoms with Crippen molar-refractivity contribution < 1.29 is 14.0 Å². The monoisotopic (exact) mass is 459 g/mol. The summed E-state index contributed by atoms with van der Waals surface area (Å²) in [5.74, 6) is -0.214. The lowest BCUT2D eigenvalue weighted by atomic mass is 9.95. The number of nitrogens with two attached hydrogens (primary N) is 2. The molecule has 0 radical (unpaired) electrons. The van der Waals surface area contributed by atoms with Gasteiger partial charge in [-0.3, -0.25) is 14.3 Å². The quantitative estimate of drug-likeness (QED) is 0.346. The second-order valence-electron chi connectivity index (χ2n) is 8.27. The normalized spacial score (nSPS) is 13.3. The second kappa shape index (κ2) is 8.14. The fourth-order valence-corrected chi connectivity index (χ4v) is 4.26. The van der Waals surface area contributed by atoms with E-state index in [0.717, 1.165) is 22.5 Å². The molecule has 2 amide bonds. The number of hydrogen-bond donors (Lipinski definition) is 4. The number of rotatable bonds is 4. The fraction of sp³-hybridized carbons (Fsp3) is 0.167. The molecule has 9 nitrogen and oxygen atoms in total. The van der Waals surface area contributed by atoms with Crippen LogP contribution in [0.3, 0.4) is 0 Å². The van der Waals surface area contributed by atoms with Crippen LogP contribution < -0.4 is 22.1 Å². The van der Waals surface area contributed by atoms with Gasteiger partial charge < -0.3 is 22.1 Å². The molecule has 0 saturated carbocycles. The Hall–Kier alpha value is -4.47. The third kappa shape index (κ3) is 3.90. The maximum atomic E-state index is 14.9. The number of nitrogens with one attached hydrogen (secondary N) is 2. The van der Waals surface area contributed by atoms with E-state index >= 15 is 0 Å². The summed E-state index contributed by atoms with van der Waals surface area (Å²) in [5, 5.41) is 11.9. The average molecular weight is 459 g/mol.